The number of benzene rings is 2. The van der Waals surface area contributed by atoms with Crippen molar-refractivity contribution < 1.29 is 9.53 Å². The largest absolute Gasteiger partial charge is 0.497 e. The molecule has 1 saturated carbocycles. The molecule has 1 heterocycles. The molecular formula is C24H30N2O2. The van der Waals surface area contributed by atoms with Gasteiger partial charge in [0, 0.05) is 19.0 Å². The summed E-state index contributed by atoms with van der Waals surface area (Å²) in [7, 11) is 1.68. The van der Waals surface area contributed by atoms with E-state index in [0.717, 1.165) is 51.1 Å². The van der Waals surface area contributed by atoms with Gasteiger partial charge in [-0.1, -0.05) is 42.5 Å². The fraction of sp³-hybridized carbons (Fsp3) is 0.458. The summed E-state index contributed by atoms with van der Waals surface area (Å²) >= 11 is 0. The second-order valence-electron chi connectivity index (χ2n) is 8.27. The number of nitrogens with zero attached hydrogens (tertiary/aromatic N) is 1. The number of piperidine rings is 1. The first-order valence-corrected chi connectivity index (χ1v) is 10.4. The fourth-order valence-electron chi connectivity index (χ4n) is 4.55. The van der Waals surface area contributed by atoms with Crippen LogP contribution in [0.2, 0.25) is 0 Å². The summed E-state index contributed by atoms with van der Waals surface area (Å²) < 4.78 is 5.26. The highest BCUT2D eigenvalue weighted by atomic mass is 16.5. The van der Waals surface area contributed by atoms with Crippen molar-refractivity contribution in [2.75, 3.05) is 26.7 Å². The predicted molar refractivity (Wildman–Crippen MR) is 111 cm³/mol. The third kappa shape index (κ3) is 4.39. The number of hydrogen-bond donors (Lipinski definition) is 1. The first-order chi connectivity index (χ1) is 13.7. The Labute approximate surface area is 167 Å². The van der Waals surface area contributed by atoms with E-state index in [1.807, 2.05) is 18.2 Å². The van der Waals surface area contributed by atoms with Gasteiger partial charge in [-0.2, -0.15) is 0 Å². The fourth-order valence-corrected chi connectivity index (χ4v) is 4.55. The standard InChI is InChI=1S/C24H30N2O2/c1-28-21-9-5-8-19(16-21)10-13-25-23(27)22-17-24(22)11-14-26(15-12-24)18-20-6-3-2-4-7-20/h2-9,16,22H,10-15,17-18H2,1H3,(H,25,27)/t22-/m1/s1. The quantitative estimate of drug-likeness (QED) is 0.800. The van der Waals surface area contributed by atoms with Gasteiger partial charge >= 0.3 is 0 Å². The van der Waals surface area contributed by atoms with E-state index in [1.165, 1.54) is 11.1 Å². The van der Waals surface area contributed by atoms with Crippen LogP contribution in [0.1, 0.15) is 30.4 Å². The van der Waals surface area contributed by atoms with E-state index in [4.69, 9.17) is 4.74 Å². The van der Waals surface area contributed by atoms with Crippen molar-refractivity contribution >= 4 is 5.91 Å². The molecule has 0 unspecified atom stereocenters. The third-order valence-electron chi connectivity index (χ3n) is 6.45. The molecule has 28 heavy (non-hydrogen) atoms. The maximum atomic E-state index is 12.6. The highest BCUT2D eigenvalue weighted by molar-refractivity contribution is 5.82. The number of rotatable bonds is 7. The average Bonchev–Trinajstić information content (AvgIpc) is 3.44. The zero-order valence-electron chi connectivity index (χ0n) is 16.7. The van der Waals surface area contributed by atoms with Gasteiger partial charge in [0.15, 0.2) is 0 Å². The molecule has 1 spiro atoms. The van der Waals surface area contributed by atoms with Crippen molar-refractivity contribution in [1.82, 2.24) is 10.2 Å². The summed E-state index contributed by atoms with van der Waals surface area (Å²) in [4.78, 5) is 15.1. The van der Waals surface area contributed by atoms with E-state index >= 15 is 0 Å². The maximum Gasteiger partial charge on any atom is 0.223 e. The molecule has 1 aliphatic carbocycles. The normalized spacial score (nSPS) is 20.7. The monoisotopic (exact) mass is 378 g/mol. The molecule has 2 aliphatic rings. The van der Waals surface area contributed by atoms with Gasteiger partial charge in [-0.3, -0.25) is 9.69 Å². The van der Waals surface area contributed by atoms with E-state index in [2.05, 4.69) is 46.6 Å². The minimum Gasteiger partial charge on any atom is -0.497 e. The van der Waals surface area contributed by atoms with Crippen LogP contribution in [-0.4, -0.2) is 37.6 Å². The Morgan fingerprint density at radius 2 is 1.86 bits per heavy atom. The Hall–Kier alpha value is -2.33. The first kappa shape index (κ1) is 19.0. The van der Waals surface area contributed by atoms with Crippen LogP contribution in [0, 0.1) is 11.3 Å². The summed E-state index contributed by atoms with van der Waals surface area (Å²) in [5, 5.41) is 3.16. The Bertz CT molecular complexity index is 797. The van der Waals surface area contributed by atoms with Gasteiger partial charge in [0.25, 0.3) is 0 Å². The van der Waals surface area contributed by atoms with Gasteiger partial charge in [-0.05, 0) is 67.4 Å². The molecule has 4 rings (SSSR count). The summed E-state index contributed by atoms with van der Waals surface area (Å²) in [6.45, 7) is 3.91. The summed E-state index contributed by atoms with van der Waals surface area (Å²) in [6, 6.07) is 18.7. The molecule has 2 aromatic carbocycles. The Kier molecular flexibility index (Phi) is 5.67. The van der Waals surface area contributed by atoms with Crippen LogP contribution >= 0.6 is 0 Å². The lowest BCUT2D eigenvalue weighted by Crippen LogP contribution is -2.37. The van der Waals surface area contributed by atoms with Crippen molar-refractivity contribution in [2.24, 2.45) is 11.3 Å². The summed E-state index contributed by atoms with van der Waals surface area (Å²) in [5.74, 6) is 1.34. The first-order valence-electron chi connectivity index (χ1n) is 10.4. The maximum absolute atomic E-state index is 12.6. The molecule has 2 fully saturated rings. The highest BCUT2D eigenvalue weighted by Gasteiger charge is 2.58. The van der Waals surface area contributed by atoms with E-state index < -0.39 is 0 Å². The molecule has 2 aromatic rings. The lowest BCUT2D eigenvalue weighted by Gasteiger charge is -2.32. The van der Waals surface area contributed by atoms with Crippen molar-refractivity contribution in [3.63, 3.8) is 0 Å². The molecule has 4 nitrogen and oxygen atoms in total. The number of ether oxygens (including phenoxy) is 1. The van der Waals surface area contributed by atoms with Crippen LogP contribution in [0.3, 0.4) is 0 Å². The molecule has 4 heteroatoms. The zero-order valence-corrected chi connectivity index (χ0v) is 16.7. The second kappa shape index (κ2) is 8.36. The lowest BCUT2D eigenvalue weighted by molar-refractivity contribution is -0.123. The minimum absolute atomic E-state index is 0.219. The zero-order chi connectivity index (χ0) is 19.4. The van der Waals surface area contributed by atoms with Crippen LogP contribution < -0.4 is 10.1 Å². The van der Waals surface area contributed by atoms with Gasteiger partial charge in [-0.25, -0.2) is 0 Å². The topological polar surface area (TPSA) is 41.6 Å². The van der Waals surface area contributed by atoms with Crippen LogP contribution in [-0.2, 0) is 17.8 Å². The molecule has 1 saturated heterocycles. The molecule has 1 N–H and O–H groups in total. The Morgan fingerprint density at radius 3 is 2.61 bits per heavy atom. The number of amides is 1. The number of methoxy groups -OCH3 is 1. The number of nitrogens with one attached hydrogen (secondary N) is 1. The summed E-state index contributed by atoms with van der Waals surface area (Å²) in [5.41, 5.74) is 2.84. The van der Waals surface area contributed by atoms with E-state index in [1.54, 1.807) is 7.11 Å². The Morgan fingerprint density at radius 1 is 1.11 bits per heavy atom. The molecule has 1 atom stereocenters. The van der Waals surface area contributed by atoms with Crippen LogP contribution in [0.4, 0.5) is 0 Å². The van der Waals surface area contributed by atoms with Crippen LogP contribution in [0.25, 0.3) is 0 Å². The predicted octanol–water partition coefficient (Wildman–Crippen LogP) is 3.66. The van der Waals surface area contributed by atoms with Gasteiger partial charge in [0.2, 0.25) is 5.91 Å². The number of likely N-dealkylation sites (tertiary alicyclic amines) is 1. The van der Waals surface area contributed by atoms with Gasteiger partial charge in [0.05, 0.1) is 7.11 Å². The molecular weight excluding hydrogens is 348 g/mol. The highest BCUT2D eigenvalue weighted by Crippen LogP contribution is 2.59. The molecule has 0 radical (unpaired) electrons. The van der Waals surface area contributed by atoms with Crippen molar-refractivity contribution in [3.8, 4) is 5.75 Å². The molecule has 1 aliphatic heterocycles. The third-order valence-corrected chi connectivity index (χ3v) is 6.45. The molecule has 1 amide bonds. The minimum atomic E-state index is 0.219. The average molecular weight is 379 g/mol. The SMILES string of the molecule is COc1cccc(CCNC(=O)[C@H]2CC23CCN(Cc2ccccc2)CC3)c1. The number of carbonyl (C=O) groups is 1. The Balaban J connectivity index is 1.20. The van der Waals surface area contributed by atoms with Crippen molar-refractivity contribution in [2.45, 2.75) is 32.2 Å². The van der Waals surface area contributed by atoms with Crippen LogP contribution in [0.15, 0.2) is 54.6 Å². The van der Waals surface area contributed by atoms with E-state index in [9.17, 15) is 4.79 Å². The summed E-state index contributed by atoms with van der Waals surface area (Å²) in [6.07, 6.45) is 4.20. The van der Waals surface area contributed by atoms with Crippen LogP contribution in [0.5, 0.6) is 5.75 Å². The number of hydrogen-bond acceptors (Lipinski definition) is 3. The van der Waals surface area contributed by atoms with Crippen molar-refractivity contribution in [3.05, 3.63) is 65.7 Å². The molecule has 0 aromatic heterocycles. The lowest BCUT2D eigenvalue weighted by atomic mass is 9.90. The van der Waals surface area contributed by atoms with Crippen molar-refractivity contribution in [1.29, 1.82) is 0 Å². The van der Waals surface area contributed by atoms with E-state index in [-0.39, 0.29) is 17.2 Å². The molecule has 0 bridgehead atoms. The van der Waals surface area contributed by atoms with Gasteiger partial charge in [-0.15, -0.1) is 0 Å². The molecule has 148 valence electrons. The van der Waals surface area contributed by atoms with Gasteiger partial charge in [0.1, 0.15) is 5.75 Å². The number of carbonyl (C=O) groups excluding carboxylic acids is 1. The van der Waals surface area contributed by atoms with Gasteiger partial charge < -0.3 is 10.1 Å². The smallest absolute Gasteiger partial charge is 0.223 e. The van der Waals surface area contributed by atoms with E-state index in [0.29, 0.717) is 6.54 Å². The second-order valence-corrected chi connectivity index (χ2v) is 8.27.